The Bertz CT molecular complexity index is 983. The van der Waals surface area contributed by atoms with Gasteiger partial charge < -0.3 is 9.84 Å². The van der Waals surface area contributed by atoms with Crippen molar-refractivity contribution in [3.05, 3.63) is 69.6 Å². The summed E-state index contributed by atoms with van der Waals surface area (Å²) in [7, 11) is 1.63. The molecule has 1 aliphatic heterocycles. The summed E-state index contributed by atoms with van der Waals surface area (Å²) in [4.78, 5) is 24.8. The van der Waals surface area contributed by atoms with E-state index in [2.05, 4.69) is 31.2 Å². The minimum Gasteiger partial charge on any atom is -0.496 e. The summed E-state index contributed by atoms with van der Waals surface area (Å²) in [5, 5.41) is 8.93. The summed E-state index contributed by atoms with van der Waals surface area (Å²) >= 11 is 6.24. The monoisotopic (exact) mass is 427 g/mol. The molecule has 0 aromatic heterocycles. The highest BCUT2D eigenvalue weighted by Crippen LogP contribution is 2.33. The molecule has 0 bridgehead atoms. The van der Waals surface area contributed by atoms with Gasteiger partial charge in [0, 0.05) is 0 Å². The molecule has 0 saturated carbocycles. The Morgan fingerprint density at radius 3 is 2.59 bits per heavy atom. The molecule has 29 heavy (non-hydrogen) atoms. The van der Waals surface area contributed by atoms with Crippen molar-refractivity contribution in [2.75, 3.05) is 13.7 Å². The first-order chi connectivity index (χ1) is 13.9. The van der Waals surface area contributed by atoms with Crippen LogP contribution in [0.15, 0.2) is 47.4 Å². The van der Waals surface area contributed by atoms with Gasteiger partial charge in [-0.25, -0.2) is 0 Å². The Kier molecular flexibility index (Phi) is 6.71. The zero-order valence-corrected chi connectivity index (χ0v) is 17.8. The van der Waals surface area contributed by atoms with Crippen molar-refractivity contribution < 1.29 is 19.4 Å². The summed E-state index contributed by atoms with van der Waals surface area (Å²) in [6.45, 7) is 1.64. The van der Waals surface area contributed by atoms with Gasteiger partial charge in [0.15, 0.2) is 0 Å². The van der Waals surface area contributed by atoms with E-state index in [-0.39, 0.29) is 10.2 Å². The number of hydrogen-bond acceptors (Lipinski definition) is 5. The van der Waals surface area contributed by atoms with Crippen molar-refractivity contribution in [1.29, 1.82) is 0 Å². The van der Waals surface area contributed by atoms with Crippen molar-refractivity contribution >= 4 is 46.3 Å². The van der Waals surface area contributed by atoms with Gasteiger partial charge in [-0.3, -0.25) is 14.5 Å². The maximum Gasteiger partial charge on any atom is 0.323 e. The number of amides is 1. The topological polar surface area (TPSA) is 66.8 Å². The number of thioether (sulfide) groups is 1. The van der Waals surface area contributed by atoms with E-state index in [1.165, 1.54) is 11.1 Å². The number of carbonyl (C=O) groups is 2. The third-order valence-electron chi connectivity index (χ3n) is 4.58. The largest absolute Gasteiger partial charge is 0.496 e. The predicted octanol–water partition coefficient (Wildman–Crippen LogP) is 4.07. The van der Waals surface area contributed by atoms with Crippen LogP contribution in [0.4, 0.5) is 0 Å². The third kappa shape index (κ3) is 5.25. The van der Waals surface area contributed by atoms with Crippen molar-refractivity contribution in [1.82, 2.24) is 4.90 Å². The highest BCUT2D eigenvalue weighted by atomic mass is 32.2. The number of aryl methyl sites for hydroxylation is 3. The zero-order chi connectivity index (χ0) is 21.0. The number of ether oxygens (including phenoxy) is 1. The number of thiocarbonyl (C=S) groups is 1. The molecule has 7 heteroatoms. The molecule has 1 heterocycles. The Morgan fingerprint density at radius 2 is 1.93 bits per heavy atom. The maximum atomic E-state index is 12.4. The van der Waals surface area contributed by atoms with Crippen LogP contribution in [0.3, 0.4) is 0 Å². The summed E-state index contributed by atoms with van der Waals surface area (Å²) in [5.41, 5.74) is 4.40. The van der Waals surface area contributed by atoms with Crippen LogP contribution in [0.25, 0.3) is 6.08 Å². The highest BCUT2D eigenvalue weighted by molar-refractivity contribution is 8.26. The molecular weight excluding hydrogens is 406 g/mol. The number of hydrogen-bond donors (Lipinski definition) is 1. The fourth-order valence-electron chi connectivity index (χ4n) is 3.01. The molecule has 2 aromatic carbocycles. The molecule has 1 fully saturated rings. The minimum absolute atomic E-state index is 0.255. The van der Waals surface area contributed by atoms with Gasteiger partial charge in [0.05, 0.1) is 12.0 Å². The van der Waals surface area contributed by atoms with E-state index in [1.807, 2.05) is 18.2 Å². The van der Waals surface area contributed by atoms with Gasteiger partial charge in [0.1, 0.15) is 16.6 Å². The van der Waals surface area contributed by atoms with Gasteiger partial charge in [-0.15, -0.1) is 0 Å². The first-order valence-electron chi connectivity index (χ1n) is 9.07. The Hall–Kier alpha value is -2.64. The molecule has 5 nitrogen and oxygen atoms in total. The van der Waals surface area contributed by atoms with E-state index in [0.29, 0.717) is 4.91 Å². The first-order valence-corrected chi connectivity index (χ1v) is 10.3. The molecule has 0 unspecified atom stereocenters. The molecule has 150 valence electrons. The maximum absolute atomic E-state index is 12.4. The van der Waals surface area contributed by atoms with Gasteiger partial charge in [-0.1, -0.05) is 65.9 Å². The normalized spacial score (nSPS) is 15.2. The number of carboxylic acid groups (broad SMARTS) is 1. The van der Waals surface area contributed by atoms with Crippen LogP contribution in [0, 0.1) is 6.92 Å². The van der Waals surface area contributed by atoms with E-state index in [1.54, 1.807) is 13.2 Å². The van der Waals surface area contributed by atoms with E-state index < -0.39 is 12.5 Å². The molecule has 0 aliphatic carbocycles. The van der Waals surface area contributed by atoms with Crippen LogP contribution in [0.5, 0.6) is 5.75 Å². The van der Waals surface area contributed by atoms with Gasteiger partial charge in [-0.2, -0.15) is 0 Å². The smallest absolute Gasteiger partial charge is 0.323 e. The Morgan fingerprint density at radius 1 is 1.21 bits per heavy atom. The van der Waals surface area contributed by atoms with Crippen LogP contribution >= 0.6 is 24.0 Å². The second-order valence-electron chi connectivity index (χ2n) is 6.72. The average molecular weight is 428 g/mol. The molecule has 0 atom stereocenters. The molecule has 0 spiro atoms. The lowest BCUT2D eigenvalue weighted by molar-refractivity contribution is -0.140. The molecule has 0 radical (unpaired) electrons. The standard InChI is InChI=1S/C22H21NO4S2/c1-14-3-5-15(6-4-14)7-9-17-10-8-16(11-18(17)27-2)12-19-21(26)23(13-20(24)25)22(28)29-19/h3-6,8,10-12H,7,9,13H2,1-2H3,(H,24,25)/b19-12-. The van der Waals surface area contributed by atoms with E-state index in [0.717, 1.165) is 46.4 Å². The second-order valence-corrected chi connectivity index (χ2v) is 8.39. The molecule has 1 saturated heterocycles. The molecule has 1 aliphatic rings. The van der Waals surface area contributed by atoms with Crippen molar-refractivity contribution in [2.45, 2.75) is 19.8 Å². The highest BCUT2D eigenvalue weighted by Gasteiger charge is 2.33. The SMILES string of the molecule is COc1cc(/C=C2\SC(=S)N(CC(=O)O)C2=O)ccc1CCc1ccc(C)cc1. The number of carbonyl (C=O) groups excluding carboxylic acids is 1. The Labute approximate surface area is 179 Å². The number of aliphatic carboxylic acids is 1. The number of carboxylic acids is 1. The second kappa shape index (κ2) is 9.24. The van der Waals surface area contributed by atoms with Gasteiger partial charge >= 0.3 is 5.97 Å². The van der Waals surface area contributed by atoms with Gasteiger partial charge in [0.25, 0.3) is 5.91 Å². The quantitative estimate of drug-likeness (QED) is 0.531. The lowest BCUT2D eigenvalue weighted by Crippen LogP contribution is -2.33. The number of rotatable bonds is 7. The molecular formula is C22H21NO4S2. The summed E-state index contributed by atoms with van der Waals surface area (Å²) in [5.74, 6) is -0.723. The van der Waals surface area contributed by atoms with E-state index in [4.69, 9.17) is 22.1 Å². The van der Waals surface area contributed by atoms with Crippen LogP contribution in [-0.2, 0) is 22.4 Å². The molecule has 3 rings (SSSR count). The van der Waals surface area contributed by atoms with Gasteiger partial charge in [0.2, 0.25) is 0 Å². The van der Waals surface area contributed by atoms with Gasteiger partial charge in [-0.05, 0) is 48.6 Å². The molecule has 1 amide bonds. The van der Waals surface area contributed by atoms with Crippen LogP contribution < -0.4 is 4.74 Å². The van der Waals surface area contributed by atoms with Crippen LogP contribution in [-0.4, -0.2) is 39.9 Å². The van der Waals surface area contributed by atoms with Crippen LogP contribution in [0.1, 0.15) is 22.3 Å². The predicted molar refractivity (Wildman–Crippen MR) is 119 cm³/mol. The minimum atomic E-state index is -1.10. The Balaban J connectivity index is 1.75. The van der Waals surface area contributed by atoms with Crippen molar-refractivity contribution in [3.63, 3.8) is 0 Å². The zero-order valence-electron chi connectivity index (χ0n) is 16.2. The average Bonchev–Trinajstić information content (AvgIpc) is 2.95. The summed E-state index contributed by atoms with van der Waals surface area (Å²) < 4.78 is 5.80. The lowest BCUT2D eigenvalue weighted by Gasteiger charge is -2.11. The molecule has 2 aromatic rings. The van der Waals surface area contributed by atoms with E-state index >= 15 is 0 Å². The number of benzene rings is 2. The lowest BCUT2D eigenvalue weighted by atomic mass is 10.0. The van der Waals surface area contributed by atoms with Crippen molar-refractivity contribution in [2.24, 2.45) is 0 Å². The van der Waals surface area contributed by atoms with Crippen molar-refractivity contribution in [3.8, 4) is 5.75 Å². The first kappa shape index (κ1) is 21.1. The summed E-state index contributed by atoms with van der Waals surface area (Å²) in [6, 6.07) is 14.3. The number of methoxy groups -OCH3 is 1. The fourth-order valence-corrected chi connectivity index (χ4v) is 4.27. The number of nitrogens with zero attached hydrogens (tertiary/aromatic N) is 1. The van der Waals surface area contributed by atoms with E-state index in [9.17, 15) is 9.59 Å². The molecule has 1 N–H and O–H groups in total. The fraction of sp³-hybridized carbons (Fsp3) is 0.227. The van der Waals surface area contributed by atoms with Crippen LogP contribution in [0.2, 0.25) is 0 Å². The third-order valence-corrected chi connectivity index (χ3v) is 5.96. The summed E-state index contributed by atoms with van der Waals surface area (Å²) in [6.07, 6.45) is 3.46.